The Morgan fingerprint density at radius 3 is 3.00 bits per heavy atom. The molecule has 3 nitrogen and oxygen atoms in total. The maximum atomic E-state index is 6.13. The second-order valence-corrected chi connectivity index (χ2v) is 5.23. The minimum Gasteiger partial charge on any atom is -0.380 e. The normalized spacial score (nSPS) is 22.2. The highest BCUT2D eigenvalue weighted by molar-refractivity contribution is 6.32. The number of aryl methyl sites for hydroxylation is 1. The van der Waals surface area contributed by atoms with Gasteiger partial charge in [0, 0.05) is 12.2 Å². The third kappa shape index (κ3) is 3.33. The van der Waals surface area contributed by atoms with Gasteiger partial charge in [-0.05, 0) is 58.0 Å². The lowest BCUT2D eigenvalue weighted by Gasteiger charge is -2.20. The predicted molar refractivity (Wildman–Crippen MR) is 72.7 cm³/mol. The molecular formula is C13H20ClN3. The second-order valence-electron chi connectivity index (χ2n) is 4.87. The summed E-state index contributed by atoms with van der Waals surface area (Å²) in [5.74, 6) is 0. The van der Waals surface area contributed by atoms with Crippen LogP contribution in [-0.4, -0.2) is 36.1 Å². The average molecular weight is 254 g/mol. The minimum absolute atomic E-state index is 0.514. The molecule has 1 saturated heterocycles. The minimum atomic E-state index is 0.514. The Hall–Kier alpha value is -0.800. The van der Waals surface area contributed by atoms with E-state index in [9.17, 15) is 0 Å². The van der Waals surface area contributed by atoms with Gasteiger partial charge in [0.2, 0.25) is 0 Å². The van der Waals surface area contributed by atoms with Crippen molar-refractivity contribution in [3.63, 3.8) is 0 Å². The molecule has 1 atom stereocenters. The van der Waals surface area contributed by atoms with Crippen LogP contribution in [0.15, 0.2) is 12.3 Å². The standard InChI is InChI=1S/C13H20ClN3/c1-10-5-7-15-13(14)12(10)16-11-4-3-8-17(2)9-6-11/h5,7,11,16H,3-4,6,8-9H2,1-2H3. The number of hydrogen-bond donors (Lipinski definition) is 1. The van der Waals surface area contributed by atoms with E-state index in [0.717, 1.165) is 12.2 Å². The number of halogens is 1. The van der Waals surface area contributed by atoms with Crippen molar-refractivity contribution in [1.29, 1.82) is 0 Å². The molecule has 1 N–H and O–H groups in total. The van der Waals surface area contributed by atoms with E-state index in [-0.39, 0.29) is 0 Å². The number of hydrogen-bond acceptors (Lipinski definition) is 3. The quantitative estimate of drug-likeness (QED) is 0.822. The number of pyridine rings is 1. The highest BCUT2D eigenvalue weighted by Gasteiger charge is 2.16. The van der Waals surface area contributed by atoms with Crippen LogP contribution in [0.5, 0.6) is 0 Å². The van der Waals surface area contributed by atoms with Crippen LogP contribution in [0.2, 0.25) is 5.15 Å². The van der Waals surface area contributed by atoms with E-state index < -0.39 is 0 Å². The van der Waals surface area contributed by atoms with Crippen molar-refractivity contribution in [2.45, 2.75) is 32.2 Å². The van der Waals surface area contributed by atoms with Gasteiger partial charge in [-0.1, -0.05) is 11.6 Å². The lowest BCUT2D eigenvalue weighted by Crippen LogP contribution is -2.23. The van der Waals surface area contributed by atoms with Crippen molar-refractivity contribution >= 4 is 17.3 Å². The van der Waals surface area contributed by atoms with Crippen molar-refractivity contribution in [2.24, 2.45) is 0 Å². The first-order valence-corrected chi connectivity index (χ1v) is 6.61. The summed E-state index contributed by atoms with van der Waals surface area (Å²) < 4.78 is 0. The number of anilines is 1. The monoisotopic (exact) mass is 253 g/mol. The van der Waals surface area contributed by atoms with Gasteiger partial charge in [-0.15, -0.1) is 0 Å². The van der Waals surface area contributed by atoms with E-state index in [2.05, 4.69) is 29.2 Å². The highest BCUT2D eigenvalue weighted by atomic mass is 35.5. The van der Waals surface area contributed by atoms with Crippen molar-refractivity contribution in [3.05, 3.63) is 23.0 Å². The first-order chi connectivity index (χ1) is 8.16. The Labute approximate surface area is 108 Å². The van der Waals surface area contributed by atoms with E-state index in [1.54, 1.807) is 6.20 Å². The Bertz CT molecular complexity index is 361. The van der Waals surface area contributed by atoms with E-state index in [1.165, 1.54) is 31.4 Å². The van der Waals surface area contributed by atoms with E-state index in [1.807, 2.05) is 6.07 Å². The molecule has 17 heavy (non-hydrogen) atoms. The molecule has 1 aromatic heterocycles. The molecule has 0 amide bonds. The van der Waals surface area contributed by atoms with Gasteiger partial charge in [0.05, 0.1) is 5.69 Å². The predicted octanol–water partition coefficient (Wildman–Crippen LogP) is 2.94. The first kappa shape index (κ1) is 12.7. The third-order valence-corrected chi connectivity index (χ3v) is 3.70. The molecule has 1 aliphatic rings. The van der Waals surface area contributed by atoms with Crippen LogP contribution in [0.25, 0.3) is 0 Å². The maximum Gasteiger partial charge on any atom is 0.152 e. The van der Waals surface area contributed by atoms with Gasteiger partial charge >= 0.3 is 0 Å². The van der Waals surface area contributed by atoms with Gasteiger partial charge in [0.25, 0.3) is 0 Å². The van der Waals surface area contributed by atoms with Crippen LogP contribution >= 0.6 is 11.6 Å². The molecule has 1 unspecified atom stereocenters. The molecule has 94 valence electrons. The summed E-state index contributed by atoms with van der Waals surface area (Å²) in [5, 5.41) is 4.14. The molecule has 1 aliphatic heterocycles. The number of nitrogens with zero attached hydrogens (tertiary/aromatic N) is 2. The van der Waals surface area contributed by atoms with Crippen LogP contribution in [0.4, 0.5) is 5.69 Å². The molecule has 0 radical (unpaired) electrons. The third-order valence-electron chi connectivity index (χ3n) is 3.41. The zero-order chi connectivity index (χ0) is 12.3. The van der Waals surface area contributed by atoms with E-state index >= 15 is 0 Å². The zero-order valence-corrected chi connectivity index (χ0v) is 11.3. The van der Waals surface area contributed by atoms with Crippen LogP contribution in [0, 0.1) is 6.92 Å². The van der Waals surface area contributed by atoms with E-state index in [0.29, 0.717) is 11.2 Å². The largest absolute Gasteiger partial charge is 0.380 e. The summed E-state index contributed by atoms with van der Waals surface area (Å²) in [6, 6.07) is 2.51. The maximum absolute atomic E-state index is 6.13. The van der Waals surface area contributed by atoms with Gasteiger partial charge in [0.15, 0.2) is 5.15 Å². The fourth-order valence-electron chi connectivity index (χ4n) is 2.29. The van der Waals surface area contributed by atoms with Gasteiger partial charge in [-0.2, -0.15) is 0 Å². The summed E-state index contributed by atoms with van der Waals surface area (Å²) >= 11 is 6.13. The summed E-state index contributed by atoms with van der Waals surface area (Å²) in [6.45, 7) is 4.41. The smallest absolute Gasteiger partial charge is 0.152 e. The Balaban J connectivity index is 2.05. The van der Waals surface area contributed by atoms with Crippen molar-refractivity contribution < 1.29 is 0 Å². The Morgan fingerprint density at radius 2 is 2.24 bits per heavy atom. The molecule has 0 bridgehead atoms. The van der Waals surface area contributed by atoms with E-state index in [4.69, 9.17) is 11.6 Å². The molecule has 4 heteroatoms. The van der Waals surface area contributed by atoms with Crippen molar-refractivity contribution in [1.82, 2.24) is 9.88 Å². The zero-order valence-electron chi connectivity index (χ0n) is 10.5. The molecule has 0 aliphatic carbocycles. The van der Waals surface area contributed by atoms with Gasteiger partial charge in [-0.25, -0.2) is 4.98 Å². The molecule has 2 heterocycles. The number of rotatable bonds is 2. The van der Waals surface area contributed by atoms with Gasteiger partial charge in [-0.3, -0.25) is 0 Å². The topological polar surface area (TPSA) is 28.2 Å². The molecule has 0 saturated carbocycles. The summed E-state index contributed by atoms with van der Waals surface area (Å²) in [5.41, 5.74) is 2.17. The summed E-state index contributed by atoms with van der Waals surface area (Å²) in [4.78, 5) is 6.52. The van der Waals surface area contributed by atoms with Crippen molar-refractivity contribution in [2.75, 3.05) is 25.5 Å². The molecule has 0 spiro atoms. The fourth-order valence-corrected chi connectivity index (χ4v) is 2.55. The molecule has 1 fully saturated rings. The average Bonchev–Trinajstić information content (AvgIpc) is 2.49. The fraction of sp³-hybridized carbons (Fsp3) is 0.615. The van der Waals surface area contributed by atoms with Crippen LogP contribution < -0.4 is 5.32 Å². The SMILES string of the molecule is Cc1ccnc(Cl)c1NC1CCCN(C)CC1. The lowest BCUT2D eigenvalue weighted by atomic mass is 10.1. The number of aromatic nitrogens is 1. The molecule has 1 aromatic rings. The molecule has 2 rings (SSSR count). The van der Waals surface area contributed by atoms with Gasteiger partial charge in [0.1, 0.15) is 0 Å². The van der Waals surface area contributed by atoms with Crippen molar-refractivity contribution in [3.8, 4) is 0 Å². The van der Waals surface area contributed by atoms with Gasteiger partial charge < -0.3 is 10.2 Å². The second kappa shape index (κ2) is 5.69. The number of likely N-dealkylation sites (tertiary alicyclic amines) is 1. The Kier molecular flexibility index (Phi) is 4.24. The highest BCUT2D eigenvalue weighted by Crippen LogP contribution is 2.25. The summed E-state index contributed by atoms with van der Waals surface area (Å²) in [6.07, 6.45) is 5.37. The van der Waals surface area contributed by atoms with Crippen LogP contribution in [0.1, 0.15) is 24.8 Å². The number of nitrogens with one attached hydrogen (secondary N) is 1. The summed E-state index contributed by atoms with van der Waals surface area (Å²) in [7, 11) is 2.19. The van der Waals surface area contributed by atoms with Crippen LogP contribution in [-0.2, 0) is 0 Å². The lowest BCUT2D eigenvalue weighted by molar-refractivity contribution is 0.348. The molecule has 0 aromatic carbocycles. The Morgan fingerprint density at radius 1 is 1.41 bits per heavy atom. The molecular weight excluding hydrogens is 234 g/mol. The first-order valence-electron chi connectivity index (χ1n) is 6.23. The van der Waals surface area contributed by atoms with Crippen LogP contribution in [0.3, 0.4) is 0 Å².